The summed E-state index contributed by atoms with van der Waals surface area (Å²) in [6.07, 6.45) is 4.31. The fourth-order valence-electron chi connectivity index (χ4n) is 1.69. The number of likely N-dealkylation sites (N-methyl/N-ethyl adjacent to an activating group) is 1. The minimum Gasteiger partial charge on any atom is -0.332 e. The number of aromatic nitrogens is 4. The zero-order chi connectivity index (χ0) is 12.5. The van der Waals surface area contributed by atoms with Crippen LogP contribution in [0.4, 0.5) is 0 Å². The normalized spacial score (nSPS) is 12.5. The number of thiazole rings is 1. The van der Waals surface area contributed by atoms with E-state index in [0.717, 1.165) is 16.9 Å². The topological polar surface area (TPSA) is 68.2 Å². The highest BCUT2D eigenvalue weighted by atomic mass is 35.5. The summed E-state index contributed by atoms with van der Waals surface area (Å²) in [5, 5.41) is 9.14. The molecule has 1 atom stereocenters. The SMILES string of the molecule is CNC(C)Cc1noc(-c2csc3cncn23)n1.Cl. The maximum absolute atomic E-state index is 5.30. The second kappa shape index (κ2) is 5.68. The zero-order valence-electron chi connectivity index (χ0n) is 10.5. The Morgan fingerprint density at radius 1 is 1.53 bits per heavy atom. The van der Waals surface area contributed by atoms with E-state index in [-0.39, 0.29) is 12.4 Å². The summed E-state index contributed by atoms with van der Waals surface area (Å²) in [5.74, 6) is 1.25. The minimum atomic E-state index is 0. The standard InChI is InChI=1S/C11H13N5OS.ClH/c1-7(12-2)3-9-14-11(17-15-9)8-5-18-10-4-13-6-16(8)10;/h4-7,12H,3H2,1-2H3;1H. The van der Waals surface area contributed by atoms with Gasteiger partial charge < -0.3 is 9.84 Å². The van der Waals surface area contributed by atoms with Crippen LogP contribution in [0.3, 0.4) is 0 Å². The number of rotatable bonds is 4. The molecule has 0 amide bonds. The second-order valence-corrected chi connectivity index (χ2v) is 5.02. The van der Waals surface area contributed by atoms with Gasteiger partial charge in [0.1, 0.15) is 16.9 Å². The third-order valence-corrected chi connectivity index (χ3v) is 3.71. The van der Waals surface area contributed by atoms with Gasteiger partial charge >= 0.3 is 0 Å². The predicted molar refractivity (Wildman–Crippen MR) is 75.8 cm³/mol. The van der Waals surface area contributed by atoms with Gasteiger partial charge in [0.25, 0.3) is 5.89 Å². The Hall–Kier alpha value is -1.44. The average Bonchev–Trinajstić information content (AvgIpc) is 3.03. The van der Waals surface area contributed by atoms with Crippen molar-refractivity contribution in [1.29, 1.82) is 0 Å². The molecule has 0 saturated heterocycles. The van der Waals surface area contributed by atoms with Gasteiger partial charge in [-0.1, -0.05) is 5.16 Å². The van der Waals surface area contributed by atoms with Crippen LogP contribution in [-0.4, -0.2) is 32.6 Å². The maximum Gasteiger partial charge on any atom is 0.275 e. The summed E-state index contributed by atoms with van der Waals surface area (Å²) in [7, 11) is 1.92. The van der Waals surface area contributed by atoms with Gasteiger partial charge in [-0.2, -0.15) is 4.98 Å². The number of nitrogens with one attached hydrogen (secondary N) is 1. The quantitative estimate of drug-likeness (QED) is 0.798. The lowest BCUT2D eigenvalue weighted by Gasteiger charge is -2.04. The highest BCUT2D eigenvalue weighted by Gasteiger charge is 2.14. The molecule has 3 aromatic heterocycles. The van der Waals surface area contributed by atoms with E-state index in [1.165, 1.54) is 0 Å². The average molecular weight is 300 g/mol. The fraction of sp³-hybridized carbons (Fsp3) is 0.364. The third-order valence-electron chi connectivity index (χ3n) is 2.82. The monoisotopic (exact) mass is 299 g/mol. The van der Waals surface area contributed by atoms with Gasteiger partial charge in [0, 0.05) is 17.8 Å². The van der Waals surface area contributed by atoms with E-state index in [2.05, 4.69) is 27.4 Å². The molecule has 1 N–H and O–H groups in total. The maximum atomic E-state index is 5.30. The van der Waals surface area contributed by atoms with Gasteiger partial charge in [-0.3, -0.25) is 4.40 Å². The molecular formula is C11H14ClN5OS. The van der Waals surface area contributed by atoms with Crippen LogP contribution in [0.2, 0.25) is 0 Å². The molecule has 0 fully saturated rings. The van der Waals surface area contributed by atoms with Crippen molar-refractivity contribution in [2.45, 2.75) is 19.4 Å². The number of hydrogen-bond acceptors (Lipinski definition) is 6. The number of fused-ring (bicyclic) bond motifs is 1. The van der Waals surface area contributed by atoms with Crippen LogP contribution in [-0.2, 0) is 6.42 Å². The van der Waals surface area contributed by atoms with E-state index in [9.17, 15) is 0 Å². The summed E-state index contributed by atoms with van der Waals surface area (Å²) in [4.78, 5) is 9.56. The summed E-state index contributed by atoms with van der Waals surface area (Å²) < 4.78 is 7.25. The van der Waals surface area contributed by atoms with Gasteiger partial charge in [-0.05, 0) is 14.0 Å². The molecule has 0 bridgehead atoms. The van der Waals surface area contributed by atoms with Crippen molar-refractivity contribution >= 4 is 28.6 Å². The molecule has 0 aromatic carbocycles. The molecule has 0 aliphatic heterocycles. The van der Waals surface area contributed by atoms with E-state index in [0.29, 0.717) is 17.8 Å². The van der Waals surface area contributed by atoms with Gasteiger partial charge in [0.2, 0.25) is 0 Å². The molecule has 19 heavy (non-hydrogen) atoms. The lowest BCUT2D eigenvalue weighted by molar-refractivity contribution is 0.417. The molecule has 1 unspecified atom stereocenters. The molecule has 0 aliphatic carbocycles. The van der Waals surface area contributed by atoms with Gasteiger partial charge in [0.15, 0.2) is 5.82 Å². The first-order valence-electron chi connectivity index (χ1n) is 5.67. The molecule has 102 valence electrons. The molecule has 6 nitrogen and oxygen atoms in total. The number of imidazole rings is 1. The molecule has 3 heterocycles. The Bertz CT molecular complexity index is 661. The van der Waals surface area contributed by atoms with Gasteiger partial charge in [-0.15, -0.1) is 23.7 Å². The van der Waals surface area contributed by atoms with Crippen molar-refractivity contribution in [3.8, 4) is 11.6 Å². The van der Waals surface area contributed by atoms with E-state index in [1.807, 2.05) is 23.0 Å². The number of halogens is 1. The van der Waals surface area contributed by atoms with Crippen LogP contribution in [0.15, 0.2) is 22.4 Å². The number of hydrogen-bond donors (Lipinski definition) is 1. The highest BCUT2D eigenvalue weighted by Crippen LogP contribution is 2.24. The Morgan fingerprint density at radius 3 is 3.16 bits per heavy atom. The lowest BCUT2D eigenvalue weighted by atomic mass is 10.2. The first-order chi connectivity index (χ1) is 8.78. The first-order valence-corrected chi connectivity index (χ1v) is 6.55. The molecule has 0 spiro atoms. The van der Waals surface area contributed by atoms with Gasteiger partial charge in [-0.25, -0.2) is 4.98 Å². The summed E-state index contributed by atoms with van der Waals surface area (Å²) in [6, 6.07) is 0.325. The summed E-state index contributed by atoms with van der Waals surface area (Å²) in [5.41, 5.74) is 0.892. The van der Waals surface area contributed by atoms with E-state index < -0.39 is 0 Å². The van der Waals surface area contributed by atoms with Crippen molar-refractivity contribution in [1.82, 2.24) is 24.8 Å². The van der Waals surface area contributed by atoms with Crippen LogP contribution >= 0.6 is 23.7 Å². The molecule has 3 aromatic rings. The molecule has 3 rings (SSSR count). The molecule has 0 aliphatic rings. The lowest BCUT2D eigenvalue weighted by Crippen LogP contribution is -2.24. The molecule has 0 saturated carbocycles. The minimum absolute atomic E-state index is 0. The molecule has 0 radical (unpaired) electrons. The van der Waals surface area contributed by atoms with Crippen molar-refractivity contribution < 1.29 is 4.52 Å². The van der Waals surface area contributed by atoms with Gasteiger partial charge in [0.05, 0.1) is 6.20 Å². The highest BCUT2D eigenvalue weighted by molar-refractivity contribution is 7.15. The predicted octanol–water partition coefficient (Wildman–Crippen LogP) is 2.02. The molecular weight excluding hydrogens is 286 g/mol. The third kappa shape index (κ3) is 2.63. The van der Waals surface area contributed by atoms with E-state index in [1.54, 1.807) is 17.7 Å². The largest absolute Gasteiger partial charge is 0.332 e. The van der Waals surface area contributed by atoms with Crippen molar-refractivity contribution in [3.63, 3.8) is 0 Å². The zero-order valence-corrected chi connectivity index (χ0v) is 12.2. The Morgan fingerprint density at radius 2 is 2.37 bits per heavy atom. The Balaban J connectivity index is 0.00000133. The molecule has 8 heteroatoms. The van der Waals surface area contributed by atoms with E-state index >= 15 is 0 Å². The summed E-state index contributed by atoms with van der Waals surface area (Å²) in [6.45, 7) is 2.08. The Labute approximate surface area is 120 Å². The van der Waals surface area contributed by atoms with E-state index in [4.69, 9.17) is 4.52 Å². The van der Waals surface area contributed by atoms with Crippen LogP contribution in [0.25, 0.3) is 16.4 Å². The number of nitrogens with zero attached hydrogens (tertiary/aromatic N) is 4. The van der Waals surface area contributed by atoms with Crippen LogP contribution in [0.1, 0.15) is 12.7 Å². The van der Waals surface area contributed by atoms with Crippen molar-refractivity contribution in [2.75, 3.05) is 7.05 Å². The summed E-state index contributed by atoms with van der Waals surface area (Å²) >= 11 is 1.60. The fourth-order valence-corrected chi connectivity index (χ4v) is 2.52. The second-order valence-electron chi connectivity index (χ2n) is 4.13. The van der Waals surface area contributed by atoms with Crippen molar-refractivity contribution in [2.24, 2.45) is 0 Å². The smallest absolute Gasteiger partial charge is 0.275 e. The van der Waals surface area contributed by atoms with Crippen LogP contribution in [0, 0.1) is 0 Å². The first kappa shape index (κ1) is 14.0. The van der Waals surface area contributed by atoms with Crippen LogP contribution < -0.4 is 5.32 Å². The Kier molecular flexibility index (Phi) is 4.18. The van der Waals surface area contributed by atoms with Crippen LogP contribution in [0.5, 0.6) is 0 Å². The van der Waals surface area contributed by atoms with Crippen molar-refractivity contribution in [3.05, 3.63) is 23.7 Å².